The molecule has 15 rings (SSSR count). The number of rotatable bonds is 4. The third-order valence-electron chi connectivity index (χ3n) is 18.0. The van der Waals surface area contributed by atoms with E-state index in [1.807, 2.05) is 0 Å². The summed E-state index contributed by atoms with van der Waals surface area (Å²) >= 11 is 0. The highest BCUT2D eigenvalue weighted by atomic mass is 16.3. The van der Waals surface area contributed by atoms with Crippen molar-refractivity contribution in [3.63, 3.8) is 0 Å². The van der Waals surface area contributed by atoms with Gasteiger partial charge in [-0.1, -0.05) is 169 Å². The molecule has 0 bridgehead atoms. The van der Waals surface area contributed by atoms with Crippen LogP contribution in [0.25, 0.3) is 77.2 Å². The molecule has 74 heavy (non-hydrogen) atoms. The highest BCUT2D eigenvalue weighted by molar-refractivity contribution is 6.94. The van der Waals surface area contributed by atoms with Crippen molar-refractivity contribution in [2.24, 2.45) is 0 Å². The number of benzene rings is 10. The summed E-state index contributed by atoms with van der Waals surface area (Å²) in [5, 5.41) is 4.82. The fraction of sp³-hybridized carbons (Fsp3) is 0.171. The van der Waals surface area contributed by atoms with Crippen molar-refractivity contribution in [3.05, 3.63) is 222 Å². The van der Waals surface area contributed by atoms with E-state index in [1.165, 1.54) is 116 Å². The van der Waals surface area contributed by atoms with Crippen LogP contribution in [0.1, 0.15) is 82.2 Å². The minimum absolute atomic E-state index is 0.0506. The van der Waals surface area contributed by atoms with Gasteiger partial charge in [0.2, 0.25) is 0 Å². The molecule has 4 heteroatoms. The Morgan fingerprint density at radius 1 is 0.419 bits per heavy atom. The lowest BCUT2D eigenvalue weighted by Crippen LogP contribution is -2.61. The molecule has 0 amide bonds. The maximum absolute atomic E-state index is 7.20. The first-order valence-corrected chi connectivity index (χ1v) is 26.6. The van der Waals surface area contributed by atoms with Crippen LogP contribution in [0.15, 0.2) is 199 Å². The smallest absolute Gasteiger partial charge is 0.333 e. The van der Waals surface area contributed by atoms with Crippen molar-refractivity contribution in [3.8, 4) is 44.5 Å². The molecule has 0 unspecified atom stereocenters. The van der Waals surface area contributed by atoms with E-state index >= 15 is 0 Å². The maximum Gasteiger partial charge on any atom is 0.333 e. The van der Waals surface area contributed by atoms with Crippen LogP contribution >= 0.6 is 0 Å². The predicted molar refractivity (Wildman–Crippen MR) is 313 cm³/mol. The van der Waals surface area contributed by atoms with Gasteiger partial charge >= 0.3 is 6.85 Å². The lowest BCUT2D eigenvalue weighted by molar-refractivity contribution is 0.332. The third-order valence-corrected chi connectivity index (χ3v) is 18.0. The summed E-state index contributed by atoms with van der Waals surface area (Å²) < 4.78 is 7.20. The molecule has 4 aliphatic rings. The lowest BCUT2D eigenvalue weighted by atomic mass is 9.43. The number of nitrogens with zero attached hydrogens (tertiary/aromatic N) is 2. The molecular weight excluding hydrogens is 896 g/mol. The SMILES string of the molecule is Cc1cc(-c2ccccc2)ccc1N1c2cc3oc4cc5c(cc4c3cc2B2c3c(cc(-c4ccccc4)cc31)-c1cc3ccccc3cc1N2c1ccc2c(c1)C(C)(C)c1ccccc1-2)C(C)(C)CCC5(C)C. The average Bonchev–Trinajstić information content (AvgIpc) is 3.88. The second-order valence-corrected chi connectivity index (χ2v) is 23.6. The molecule has 0 N–H and O–H groups in total. The molecule has 10 aromatic carbocycles. The summed E-state index contributed by atoms with van der Waals surface area (Å²) in [7, 11) is 0. The van der Waals surface area contributed by atoms with Crippen LogP contribution < -0.4 is 20.6 Å². The molecule has 0 spiro atoms. The molecule has 2 aliphatic heterocycles. The zero-order valence-electron chi connectivity index (χ0n) is 43.3. The Balaban J connectivity index is 1.07. The molecule has 2 aliphatic carbocycles. The first-order valence-electron chi connectivity index (χ1n) is 26.6. The number of furan rings is 1. The summed E-state index contributed by atoms with van der Waals surface area (Å²) in [6.07, 6.45) is 2.30. The van der Waals surface area contributed by atoms with Gasteiger partial charge in [0, 0.05) is 56.3 Å². The normalized spacial score (nSPS) is 16.2. The Morgan fingerprint density at radius 2 is 1.05 bits per heavy atom. The first kappa shape index (κ1) is 43.5. The molecule has 0 saturated heterocycles. The Morgan fingerprint density at radius 3 is 1.80 bits per heavy atom. The molecule has 0 radical (unpaired) electrons. The molecule has 356 valence electrons. The van der Waals surface area contributed by atoms with E-state index in [0.717, 1.165) is 40.8 Å². The van der Waals surface area contributed by atoms with Gasteiger partial charge in [0.15, 0.2) is 0 Å². The standard InChI is InChI=1S/C70H57BN2O/c1-42-32-47(43-18-10-8-11-19-43)26-29-61(42)72-63-41-66-54(53-38-58-59(40-65(53)74-66)69(4,5)31-30-68(58,2)3)39-60(63)71-67-55(34-48(36-64(67)72)44-20-12-9-13-21-44)52-33-45-22-14-15-23-46(45)35-62(52)73(71)49-27-28-51-50-24-16-17-25-56(50)70(6,7)57(51)37-49/h8-29,32-41H,30-31H2,1-7H3. The van der Waals surface area contributed by atoms with Gasteiger partial charge in [0.25, 0.3) is 0 Å². The number of hydrogen-bond donors (Lipinski definition) is 0. The van der Waals surface area contributed by atoms with E-state index in [-0.39, 0.29) is 23.1 Å². The lowest BCUT2D eigenvalue weighted by Gasteiger charge is -2.46. The van der Waals surface area contributed by atoms with Crippen molar-refractivity contribution in [1.29, 1.82) is 0 Å². The molecule has 0 fully saturated rings. The van der Waals surface area contributed by atoms with Crippen molar-refractivity contribution in [1.82, 2.24) is 0 Å². The van der Waals surface area contributed by atoms with Crippen LogP contribution in [0, 0.1) is 6.92 Å². The minimum atomic E-state index is -0.194. The van der Waals surface area contributed by atoms with Crippen LogP contribution in [-0.2, 0) is 16.2 Å². The minimum Gasteiger partial charge on any atom is -0.456 e. The first-order chi connectivity index (χ1) is 35.8. The van der Waals surface area contributed by atoms with E-state index in [9.17, 15) is 0 Å². The molecule has 0 saturated carbocycles. The van der Waals surface area contributed by atoms with Crippen molar-refractivity contribution >= 4 is 78.9 Å². The van der Waals surface area contributed by atoms with Crippen molar-refractivity contribution in [2.75, 3.05) is 9.71 Å². The summed E-state index contributed by atoms with van der Waals surface area (Å²) in [4.78, 5) is 5.29. The summed E-state index contributed by atoms with van der Waals surface area (Å²) in [5.74, 6) is 0. The maximum atomic E-state index is 7.20. The van der Waals surface area contributed by atoms with E-state index < -0.39 is 0 Å². The van der Waals surface area contributed by atoms with E-state index in [1.54, 1.807) is 0 Å². The third kappa shape index (κ3) is 6.15. The van der Waals surface area contributed by atoms with Crippen LogP contribution in [0.2, 0.25) is 0 Å². The second-order valence-electron chi connectivity index (χ2n) is 23.6. The van der Waals surface area contributed by atoms with Crippen molar-refractivity contribution < 1.29 is 4.42 Å². The zero-order chi connectivity index (χ0) is 50.0. The fourth-order valence-corrected chi connectivity index (χ4v) is 13.9. The summed E-state index contributed by atoms with van der Waals surface area (Å²) in [5.41, 5.74) is 27.0. The van der Waals surface area contributed by atoms with Crippen LogP contribution in [0.4, 0.5) is 28.4 Å². The number of aryl methyl sites for hydroxylation is 1. The number of anilines is 5. The zero-order valence-corrected chi connectivity index (χ0v) is 43.3. The van der Waals surface area contributed by atoms with Crippen molar-refractivity contribution in [2.45, 2.75) is 77.6 Å². The molecule has 3 nitrogen and oxygen atoms in total. The largest absolute Gasteiger partial charge is 0.456 e. The van der Waals surface area contributed by atoms with E-state index in [4.69, 9.17) is 4.42 Å². The van der Waals surface area contributed by atoms with E-state index in [0.29, 0.717) is 0 Å². The Bertz CT molecular complexity index is 4200. The highest BCUT2D eigenvalue weighted by Crippen LogP contribution is 2.55. The monoisotopic (exact) mass is 952 g/mol. The molecule has 0 atom stereocenters. The molecule has 11 aromatic rings. The number of hydrogen-bond acceptors (Lipinski definition) is 3. The van der Waals surface area contributed by atoms with E-state index in [2.05, 4.69) is 252 Å². The van der Waals surface area contributed by atoms with Gasteiger partial charge in [0.1, 0.15) is 11.2 Å². The summed E-state index contributed by atoms with van der Waals surface area (Å²) in [6, 6.07) is 73.7. The highest BCUT2D eigenvalue weighted by Gasteiger charge is 2.47. The summed E-state index contributed by atoms with van der Waals surface area (Å²) in [6.45, 7) is 16.6. The topological polar surface area (TPSA) is 19.6 Å². The predicted octanol–water partition coefficient (Wildman–Crippen LogP) is 17.7. The molecule has 3 heterocycles. The van der Waals surface area contributed by atoms with Gasteiger partial charge < -0.3 is 14.1 Å². The average molecular weight is 953 g/mol. The Hall–Kier alpha value is -8.08. The Labute approximate surface area is 434 Å². The van der Waals surface area contributed by atoms with Crippen LogP contribution in [-0.4, -0.2) is 6.85 Å². The molecule has 1 aromatic heterocycles. The van der Waals surface area contributed by atoms with Gasteiger partial charge in [-0.05, 0) is 180 Å². The van der Waals surface area contributed by atoms with Gasteiger partial charge in [-0.25, -0.2) is 0 Å². The van der Waals surface area contributed by atoms with Gasteiger partial charge in [-0.2, -0.15) is 0 Å². The van der Waals surface area contributed by atoms with Crippen LogP contribution in [0.3, 0.4) is 0 Å². The Kier molecular flexibility index (Phi) is 8.96. The quantitative estimate of drug-likeness (QED) is 0.164. The molecular formula is C70H57BN2O. The van der Waals surface area contributed by atoms with Crippen LogP contribution in [0.5, 0.6) is 0 Å². The van der Waals surface area contributed by atoms with Gasteiger partial charge in [0.05, 0.1) is 0 Å². The van der Waals surface area contributed by atoms with Gasteiger partial charge in [-0.3, -0.25) is 0 Å². The second kappa shape index (κ2) is 15.2. The number of fused-ring (bicyclic) bond motifs is 12. The van der Waals surface area contributed by atoms with Gasteiger partial charge in [-0.15, -0.1) is 0 Å². The fourth-order valence-electron chi connectivity index (χ4n) is 13.9.